The lowest BCUT2D eigenvalue weighted by Crippen LogP contribution is -2.18. The maximum Gasteiger partial charge on any atom is 0.354 e. The Morgan fingerprint density at radius 3 is 2.33 bits per heavy atom. The Hall–Kier alpha value is -2.85. The van der Waals surface area contributed by atoms with Crippen LogP contribution in [-0.2, 0) is 19.1 Å². The quantitative estimate of drug-likeness (QED) is 0.342. The number of hydrogen-bond acceptors (Lipinski definition) is 6. The van der Waals surface area contributed by atoms with Gasteiger partial charge in [0.25, 0.3) is 0 Å². The maximum absolute atomic E-state index is 11.8. The molecule has 0 aliphatic rings. The number of methoxy groups -OCH3 is 1. The molecule has 0 radical (unpaired) electrons. The zero-order valence-electron chi connectivity index (χ0n) is 11.7. The highest BCUT2D eigenvalue weighted by molar-refractivity contribution is 5.99. The van der Waals surface area contributed by atoms with Crippen molar-refractivity contribution in [2.45, 2.75) is 6.92 Å². The van der Waals surface area contributed by atoms with Crippen molar-refractivity contribution in [2.75, 3.05) is 13.7 Å². The van der Waals surface area contributed by atoms with Gasteiger partial charge in [-0.2, -0.15) is 0 Å². The van der Waals surface area contributed by atoms with Crippen LogP contribution >= 0.6 is 0 Å². The van der Waals surface area contributed by atoms with E-state index in [4.69, 9.17) is 14.2 Å². The van der Waals surface area contributed by atoms with Gasteiger partial charge >= 0.3 is 11.9 Å². The van der Waals surface area contributed by atoms with Crippen molar-refractivity contribution in [1.29, 1.82) is 0 Å². The smallest absolute Gasteiger partial charge is 0.354 e. The molecule has 0 aliphatic carbocycles. The third-order valence-corrected chi connectivity index (χ3v) is 2.34. The van der Waals surface area contributed by atoms with Gasteiger partial charge in [0.2, 0.25) is 0 Å². The van der Waals surface area contributed by atoms with E-state index in [9.17, 15) is 14.4 Å². The first kappa shape index (κ1) is 16.2. The van der Waals surface area contributed by atoms with E-state index in [-0.39, 0.29) is 11.3 Å². The molecule has 0 atom stereocenters. The number of rotatable bonds is 6. The van der Waals surface area contributed by atoms with Crippen molar-refractivity contribution < 1.29 is 28.6 Å². The van der Waals surface area contributed by atoms with Gasteiger partial charge in [-0.3, -0.25) is 0 Å². The molecule has 0 amide bonds. The van der Waals surface area contributed by atoms with Crippen LogP contribution in [0.25, 0.3) is 0 Å². The van der Waals surface area contributed by atoms with Gasteiger partial charge in [0.05, 0.1) is 7.11 Å². The first-order valence-corrected chi connectivity index (χ1v) is 5.91. The van der Waals surface area contributed by atoms with Crippen molar-refractivity contribution in [1.82, 2.24) is 0 Å². The number of esters is 2. The zero-order chi connectivity index (χ0) is 15.8. The van der Waals surface area contributed by atoms with Gasteiger partial charge in [-0.15, -0.1) is 0 Å². The van der Waals surface area contributed by atoms with E-state index in [1.165, 1.54) is 26.0 Å². The number of carbonyl (C=O) groups is 2. The molecule has 21 heavy (non-hydrogen) atoms. The molecule has 0 aliphatic heterocycles. The Balaban J connectivity index is 2.75. The maximum atomic E-state index is 11.8. The van der Waals surface area contributed by atoms with Crippen LogP contribution in [0.3, 0.4) is 0 Å². The lowest BCUT2D eigenvalue weighted by Gasteiger charge is -2.09. The SMILES string of the molecule is C=C(C)C(=O)OCC(=C=O)C(=O)Oc1ccccc1OC. The molecule has 6 heteroatoms. The van der Waals surface area contributed by atoms with Crippen molar-refractivity contribution in [3.63, 3.8) is 0 Å². The van der Waals surface area contributed by atoms with Crippen LogP contribution in [0.15, 0.2) is 42.0 Å². The molecule has 1 aromatic carbocycles. The second-order valence-corrected chi connectivity index (χ2v) is 3.98. The molecule has 0 fully saturated rings. The summed E-state index contributed by atoms with van der Waals surface area (Å²) in [7, 11) is 1.41. The zero-order valence-corrected chi connectivity index (χ0v) is 11.7. The molecule has 0 aromatic heterocycles. The summed E-state index contributed by atoms with van der Waals surface area (Å²) in [6, 6.07) is 6.42. The molecule has 110 valence electrons. The Labute approximate surface area is 121 Å². The number of para-hydroxylation sites is 2. The second kappa shape index (κ2) is 7.67. The first-order valence-electron chi connectivity index (χ1n) is 5.91. The van der Waals surface area contributed by atoms with Crippen LogP contribution in [0.4, 0.5) is 0 Å². The van der Waals surface area contributed by atoms with Gasteiger partial charge < -0.3 is 14.2 Å². The Morgan fingerprint density at radius 1 is 1.19 bits per heavy atom. The summed E-state index contributed by atoms with van der Waals surface area (Å²) in [5.41, 5.74) is -0.297. The average Bonchev–Trinajstić information content (AvgIpc) is 2.48. The normalized spacial score (nSPS) is 9.24. The third kappa shape index (κ3) is 4.63. The molecular weight excluding hydrogens is 276 g/mol. The fraction of sp³-hybridized carbons (Fsp3) is 0.200. The monoisotopic (exact) mass is 290 g/mol. The standard InChI is InChI=1S/C15H14O6/c1-10(2)14(17)20-9-11(8-16)15(18)21-13-7-5-4-6-12(13)19-3/h4-7H,1,9H2,2-3H3. The van der Waals surface area contributed by atoms with Crippen LogP contribution in [-0.4, -0.2) is 31.6 Å². The van der Waals surface area contributed by atoms with E-state index in [0.29, 0.717) is 5.75 Å². The van der Waals surface area contributed by atoms with E-state index in [2.05, 4.69) is 6.58 Å². The topological polar surface area (TPSA) is 78.9 Å². The summed E-state index contributed by atoms with van der Waals surface area (Å²) in [5, 5.41) is 0. The average molecular weight is 290 g/mol. The Bertz CT molecular complexity index is 610. The summed E-state index contributed by atoms with van der Waals surface area (Å²) in [6.07, 6.45) is 0. The van der Waals surface area contributed by atoms with E-state index < -0.39 is 24.1 Å². The minimum atomic E-state index is -0.969. The van der Waals surface area contributed by atoms with Crippen molar-refractivity contribution in [3.05, 3.63) is 42.0 Å². The molecule has 0 N–H and O–H groups in total. The van der Waals surface area contributed by atoms with Crippen molar-refractivity contribution in [2.24, 2.45) is 0 Å². The number of carbonyl (C=O) groups excluding carboxylic acids is 3. The largest absolute Gasteiger partial charge is 0.493 e. The molecule has 0 unspecified atom stereocenters. The number of ether oxygens (including phenoxy) is 3. The van der Waals surface area contributed by atoms with E-state index in [1.807, 2.05) is 0 Å². The molecule has 0 heterocycles. The highest BCUT2D eigenvalue weighted by atomic mass is 16.6. The van der Waals surface area contributed by atoms with Crippen LogP contribution in [0, 0.1) is 0 Å². The Morgan fingerprint density at radius 2 is 1.81 bits per heavy atom. The van der Waals surface area contributed by atoms with E-state index in [0.717, 1.165) is 0 Å². The fourth-order valence-electron chi connectivity index (χ4n) is 1.26. The fourth-order valence-corrected chi connectivity index (χ4v) is 1.26. The first-order chi connectivity index (χ1) is 9.99. The number of benzene rings is 1. The predicted molar refractivity (Wildman–Crippen MR) is 73.6 cm³/mol. The lowest BCUT2D eigenvalue weighted by atomic mass is 10.3. The summed E-state index contributed by atoms with van der Waals surface area (Å²) in [4.78, 5) is 33.8. The Kier molecular flexibility index (Phi) is 5.92. The van der Waals surface area contributed by atoms with Crippen LogP contribution in [0.2, 0.25) is 0 Å². The van der Waals surface area contributed by atoms with Crippen LogP contribution in [0.5, 0.6) is 11.5 Å². The molecule has 0 spiro atoms. The van der Waals surface area contributed by atoms with Crippen molar-refractivity contribution >= 4 is 17.9 Å². The van der Waals surface area contributed by atoms with Crippen LogP contribution in [0.1, 0.15) is 6.92 Å². The number of hydrogen-bond donors (Lipinski definition) is 0. The second-order valence-electron chi connectivity index (χ2n) is 3.98. The summed E-state index contributed by atoms with van der Waals surface area (Å²) in [6.45, 7) is 4.28. The molecule has 0 saturated heterocycles. The molecule has 0 bridgehead atoms. The minimum absolute atomic E-state index is 0.143. The molecule has 6 nitrogen and oxygen atoms in total. The molecule has 0 saturated carbocycles. The van der Waals surface area contributed by atoms with Crippen LogP contribution < -0.4 is 9.47 Å². The predicted octanol–water partition coefficient (Wildman–Crippen LogP) is 1.48. The van der Waals surface area contributed by atoms with Gasteiger partial charge in [-0.1, -0.05) is 18.7 Å². The van der Waals surface area contributed by atoms with E-state index in [1.54, 1.807) is 18.2 Å². The molecule has 1 aromatic rings. The molecular formula is C15H14O6. The van der Waals surface area contributed by atoms with Gasteiger partial charge in [0, 0.05) is 5.57 Å². The van der Waals surface area contributed by atoms with Gasteiger partial charge in [-0.05, 0) is 19.1 Å². The minimum Gasteiger partial charge on any atom is -0.493 e. The van der Waals surface area contributed by atoms with Gasteiger partial charge in [-0.25, -0.2) is 14.4 Å². The summed E-state index contributed by atoms with van der Waals surface area (Å²) >= 11 is 0. The van der Waals surface area contributed by atoms with Crippen molar-refractivity contribution in [3.8, 4) is 11.5 Å². The third-order valence-electron chi connectivity index (χ3n) is 2.34. The van der Waals surface area contributed by atoms with Gasteiger partial charge in [0.15, 0.2) is 17.1 Å². The highest BCUT2D eigenvalue weighted by Crippen LogP contribution is 2.26. The lowest BCUT2D eigenvalue weighted by molar-refractivity contribution is -0.139. The summed E-state index contributed by atoms with van der Waals surface area (Å²) in [5.74, 6) is 0.186. The van der Waals surface area contributed by atoms with Gasteiger partial charge in [0.1, 0.15) is 12.5 Å². The molecule has 1 rings (SSSR count). The highest BCUT2D eigenvalue weighted by Gasteiger charge is 2.18. The summed E-state index contributed by atoms with van der Waals surface area (Å²) < 4.78 is 14.7. The van der Waals surface area contributed by atoms with E-state index >= 15 is 0 Å².